The number of likely N-dealkylation sites (tertiary alicyclic amines) is 1. The molecule has 0 spiro atoms. The summed E-state index contributed by atoms with van der Waals surface area (Å²) in [5, 5.41) is 3.00. The third-order valence-electron chi connectivity index (χ3n) is 3.68. The van der Waals surface area contributed by atoms with Gasteiger partial charge in [-0.05, 0) is 18.9 Å². The zero-order valence-corrected chi connectivity index (χ0v) is 12.1. The van der Waals surface area contributed by atoms with Crippen LogP contribution in [0.3, 0.4) is 0 Å². The van der Waals surface area contributed by atoms with Gasteiger partial charge in [0.05, 0.1) is 12.4 Å². The van der Waals surface area contributed by atoms with E-state index in [4.69, 9.17) is 0 Å². The number of nitrogens with one attached hydrogen (secondary N) is 1. The number of carbonyl (C=O) groups excluding carboxylic acids is 1. The first-order valence-corrected chi connectivity index (χ1v) is 7.32. The molecule has 22 heavy (non-hydrogen) atoms. The normalized spacial score (nSPS) is 14.1. The number of hydrogen-bond acceptors (Lipinski definition) is 4. The van der Waals surface area contributed by atoms with Gasteiger partial charge in [0.1, 0.15) is 17.3 Å². The molecule has 0 atom stereocenters. The fourth-order valence-corrected chi connectivity index (χ4v) is 2.44. The maximum atomic E-state index is 13.5. The molecule has 0 saturated carbocycles. The maximum absolute atomic E-state index is 13.5. The summed E-state index contributed by atoms with van der Waals surface area (Å²) in [5.41, 5.74) is 0.903. The predicted octanol–water partition coefficient (Wildman–Crippen LogP) is 2.46. The van der Waals surface area contributed by atoms with Crippen LogP contribution in [0.2, 0.25) is 0 Å². The Kier molecular flexibility index (Phi) is 4.27. The molecule has 3 rings (SSSR count). The molecule has 0 radical (unpaired) electrons. The lowest BCUT2D eigenvalue weighted by atomic mass is 10.2. The van der Waals surface area contributed by atoms with Crippen LogP contribution in [-0.2, 0) is 6.54 Å². The highest BCUT2D eigenvalue weighted by molar-refractivity contribution is 5.92. The van der Waals surface area contributed by atoms with E-state index < -0.39 is 0 Å². The van der Waals surface area contributed by atoms with Crippen LogP contribution in [0.15, 0.2) is 36.7 Å². The molecule has 1 aliphatic rings. The van der Waals surface area contributed by atoms with Crippen molar-refractivity contribution in [2.24, 2.45) is 0 Å². The molecule has 5 nitrogen and oxygen atoms in total. The first kappa shape index (κ1) is 14.4. The highest BCUT2D eigenvalue weighted by atomic mass is 19.1. The predicted molar refractivity (Wildman–Crippen MR) is 80.9 cm³/mol. The van der Waals surface area contributed by atoms with E-state index in [-0.39, 0.29) is 11.7 Å². The van der Waals surface area contributed by atoms with Crippen molar-refractivity contribution in [3.63, 3.8) is 0 Å². The number of rotatable bonds is 4. The molecule has 1 aliphatic heterocycles. The molecule has 1 aromatic heterocycles. The molecule has 6 heteroatoms. The van der Waals surface area contributed by atoms with Gasteiger partial charge in [0.25, 0.3) is 5.91 Å². The number of carbonyl (C=O) groups is 1. The summed E-state index contributed by atoms with van der Waals surface area (Å²) in [6, 6.07) is 6.56. The van der Waals surface area contributed by atoms with Crippen molar-refractivity contribution in [1.29, 1.82) is 0 Å². The Bertz CT molecular complexity index is 653. The van der Waals surface area contributed by atoms with Crippen LogP contribution in [0.1, 0.15) is 28.9 Å². The van der Waals surface area contributed by atoms with E-state index in [9.17, 15) is 9.18 Å². The van der Waals surface area contributed by atoms with E-state index in [0.29, 0.717) is 23.6 Å². The summed E-state index contributed by atoms with van der Waals surface area (Å²) in [6.45, 7) is 1.89. The first-order chi connectivity index (χ1) is 10.7. The number of amides is 1. The van der Waals surface area contributed by atoms with Gasteiger partial charge in [-0.15, -0.1) is 0 Å². The molecule has 0 unspecified atom stereocenters. The summed E-state index contributed by atoms with van der Waals surface area (Å²) in [7, 11) is 0. The van der Waals surface area contributed by atoms with E-state index in [1.165, 1.54) is 18.5 Å². The second-order valence-corrected chi connectivity index (χ2v) is 5.23. The van der Waals surface area contributed by atoms with Crippen LogP contribution in [0.4, 0.5) is 10.2 Å². The molecular formula is C16H17FN4O. The van der Waals surface area contributed by atoms with Crippen molar-refractivity contribution in [2.75, 3.05) is 18.4 Å². The molecule has 1 fully saturated rings. The Balaban J connectivity index is 1.62. The van der Waals surface area contributed by atoms with Crippen molar-refractivity contribution in [1.82, 2.24) is 14.9 Å². The number of halogens is 1. The Morgan fingerprint density at radius 1 is 1.18 bits per heavy atom. The zero-order chi connectivity index (χ0) is 15.4. The van der Waals surface area contributed by atoms with Crippen LogP contribution in [0.25, 0.3) is 0 Å². The highest BCUT2D eigenvalue weighted by Gasteiger charge is 2.20. The van der Waals surface area contributed by atoms with Gasteiger partial charge in [-0.3, -0.25) is 4.79 Å². The molecule has 1 N–H and O–H groups in total. The molecule has 1 saturated heterocycles. The smallest absolute Gasteiger partial charge is 0.274 e. The van der Waals surface area contributed by atoms with Gasteiger partial charge in [0.2, 0.25) is 0 Å². The summed E-state index contributed by atoms with van der Waals surface area (Å²) >= 11 is 0. The molecule has 0 aliphatic carbocycles. The lowest BCUT2D eigenvalue weighted by Crippen LogP contribution is -2.28. The second-order valence-electron chi connectivity index (χ2n) is 5.23. The van der Waals surface area contributed by atoms with Crippen molar-refractivity contribution < 1.29 is 9.18 Å². The average molecular weight is 300 g/mol. The van der Waals surface area contributed by atoms with E-state index in [0.717, 1.165) is 25.9 Å². The third-order valence-corrected chi connectivity index (χ3v) is 3.68. The fourth-order valence-electron chi connectivity index (χ4n) is 2.44. The Labute approximate surface area is 128 Å². The Morgan fingerprint density at radius 2 is 1.95 bits per heavy atom. The number of nitrogens with zero attached hydrogens (tertiary/aromatic N) is 3. The number of hydrogen-bond donors (Lipinski definition) is 1. The summed E-state index contributed by atoms with van der Waals surface area (Å²) in [5.74, 6) is 0.177. The van der Waals surface area contributed by atoms with Crippen molar-refractivity contribution in [3.8, 4) is 0 Å². The first-order valence-electron chi connectivity index (χ1n) is 7.32. The van der Waals surface area contributed by atoms with Gasteiger partial charge >= 0.3 is 0 Å². The van der Waals surface area contributed by atoms with Crippen LogP contribution in [0.5, 0.6) is 0 Å². The minimum absolute atomic E-state index is 0.0781. The molecular weight excluding hydrogens is 283 g/mol. The Hall–Kier alpha value is -2.50. The molecule has 0 bridgehead atoms. The standard InChI is InChI=1S/C16H17FN4O/c17-13-6-2-1-5-12(13)9-19-15-11-18-14(10-20-15)16(22)21-7-3-4-8-21/h1-2,5-6,10-11H,3-4,7-9H2,(H,19,20). The minimum Gasteiger partial charge on any atom is -0.365 e. The highest BCUT2D eigenvalue weighted by Crippen LogP contribution is 2.13. The molecule has 2 aromatic rings. The van der Waals surface area contributed by atoms with Crippen LogP contribution < -0.4 is 5.32 Å². The Morgan fingerprint density at radius 3 is 2.64 bits per heavy atom. The molecule has 1 aromatic carbocycles. The van der Waals surface area contributed by atoms with Gasteiger partial charge < -0.3 is 10.2 Å². The number of aromatic nitrogens is 2. The lowest BCUT2D eigenvalue weighted by Gasteiger charge is -2.14. The molecule has 1 amide bonds. The third kappa shape index (κ3) is 3.21. The van der Waals surface area contributed by atoms with Gasteiger partial charge in [-0.2, -0.15) is 0 Å². The molecule has 114 valence electrons. The largest absolute Gasteiger partial charge is 0.365 e. The van der Waals surface area contributed by atoms with Gasteiger partial charge in [0, 0.05) is 25.2 Å². The monoisotopic (exact) mass is 300 g/mol. The van der Waals surface area contributed by atoms with Crippen molar-refractivity contribution in [2.45, 2.75) is 19.4 Å². The minimum atomic E-state index is -0.260. The van der Waals surface area contributed by atoms with Crippen molar-refractivity contribution >= 4 is 11.7 Å². The van der Waals surface area contributed by atoms with E-state index >= 15 is 0 Å². The quantitative estimate of drug-likeness (QED) is 0.942. The maximum Gasteiger partial charge on any atom is 0.274 e. The van der Waals surface area contributed by atoms with E-state index in [2.05, 4.69) is 15.3 Å². The molecule has 2 heterocycles. The van der Waals surface area contributed by atoms with E-state index in [1.807, 2.05) is 0 Å². The van der Waals surface area contributed by atoms with Crippen LogP contribution in [0, 0.1) is 5.82 Å². The summed E-state index contributed by atoms with van der Waals surface area (Å²) in [6.07, 6.45) is 5.05. The summed E-state index contributed by atoms with van der Waals surface area (Å²) < 4.78 is 13.5. The lowest BCUT2D eigenvalue weighted by molar-refractivity contribution is 0.0786. The van der Waals surface area contributed by atoms with Crippen LogP contribution in [-0.4, -0.2) is 33.9 Å². The van der Waals surface area contributed by atoms with Crippen molar-refractivity contribution in [3.05, 3.63) is 53.7 Å². The van der Waals surface area contributed by atoms with E-state index in [1.54, 1.807) is 23.1 Å². The zero-order valence-electron chi connectivity index (χ0n) is 12.1. The fraction of sp³-hybridized carbons (Fsp3) is 0.312. The summed E-state index contributed by atoms with van der Waals surface area (Å²) in [4.78, 5) is 22.2. The van der Waals surface area contributed by atoms with Crippen LogP contribution >= 0.6 is 0 Å². The van der Waals surface area contributed by atoms with Gasteiger partial charge in [-0.1, -0.05) is 18.2 Å². The average Bonchev–Trinajstić information content (AvgIpc) is 3.08. The topological polar surface area (TPSA) is 58.1 Å². The number of anilines is 1. The number of benzene rings is 1. The van der Waals surface area contributed by atoms with Gasteiger partial charge in [0.15, 0.2) is 0 Å². The second kappa shape index (κ2) is 6.51. The van der Waals surface area contributed by atoms with Gasteiger partial charge in [-0.25, -0.2) is 14.4 Å². The SMILES string of the molecule is O=C(c1cnc(NCc2ccccc2F)cn1)N1CCCC1.